The Balaban J connectivity index is 1.80. The van der Waals surface area contributed by atoms with E-state index >= 15 is 0 Å². The van der Waals surface area contributed by atoms with Gasteiger partial charge in [0.25, 0.3) is 0 Å². The summed E-state index contributed by atoms with van der Waals surface area (Å²) in [5.74, 6) is 0.758. The SMILES string of the molecule is C=CC[C@@]12CCN[C@@H]1n1c3nc4ccc(OC)cc4cc3c(=O)c3cccc2c31. The molecule has 0 amide bonds. The van der Waals surface area contributed by atoms with E-state index in [1.165, 1.54) is 5.56 Å². The average molecular weight is 383 g/mol. The van der Waals surface area contributed by atoms with Crippen LogP contribution in [-0.4, -0.2) is 23.2 Å². The molecule has 0 saturated carbocycles. The summed E-state index contributed by atoms with van der Waals surface area (Å²) in [7, 11) is 1.64. The zero-order chi connectivity index (χ0) is 19.8. The molecule has 2 atom stereocenters. The topological polar surface area (TPSA) is 56.1 Å². The molecule has 2 aromatic carbocycles. The van der Waals surface area contributed by atoms with Crippen LogP contribution in [0.4, 0.5) is 0 Å². The number of benzene rings is 2. The summed E-state index contributed by atoms with van der Waals surface area (Å²) in [5, 5.41) is 6.01. The van der Waals surface area contributed by atoms with Gasteiger partial charge in [0.15, 0.2) is 5.43 Å². The molecule has 0 unspecified atom stereocenters. The highest BCUT2D eigenvalue weighted by Gasteiger charge is 2.50. The lowest BCUT2D eigenvalue weighted by Crippen LogP contribution is -2.32. The highest BCUT2D eigenvalue weighted by molar-refractivity contribution is 6.00. The van der Waals surface area contributed by atoms with Gasteiger partial charge >= 0.3 is 0 Å². The summed E-state index contributed by atoms with van der Waals surface area (Å²) in [4.78, 5) is 18.4. The largest absolute Gasteiger partial charge is 0.497 e. The van der Waals surface area contributed by atoms with E-state index in [0.29, 0.717) is 5.39 Å². The summed E-state index contributed by atoms with van der Waals surface area (Å²) < 4.78 is 7.62. The third-order valence-electron chi connectivity index (χ3n) is 6.73. The van der Waals surface area contributed by atoms with Crippen LogP contribution >= 0.6 is 0 Å². The van der Waals surface area contributed by atoms with Gasteiger partial charge in [-0.1, -0.05) is 18.2 Å². The molecule has 0 aliphatic carbocycles. The number of pyridine rings is 2. The van der Waals surface area contributed by atoms with Gasteiger partial charge in [-0.2, -0.15) is 0 Å². The summed E-state index contributed by atoms with van der Waals surface area (Å²) in [6.07, 6.45) is 3.96. The van der Waals surface area contributed by atoms with Gasteiger partial charge in [-0.05, 0) is 55.3 Å². The molecule has 0 spiro atoms. The minimum atomic E-state index is -0.0778. The fourth-order valence-electron chi connectivity index (χ4n) is 5.48. The zero-order valence-electron chi connectivity index (χ0n) is 16.2. The van der Waals surface area contributed by atoms with Crippen molar-refractivity contribution in [1.29, 1.82) is 0 Å². The van der Waals surface area contributed by atoms with Crippen molar-refractivity contribution in [2.45, 2.75) is 24.4 Å². The van der Waals surface area contributed by atoms with Gasteiger partial charge < -0.3 is 9.30 Å². The van der Waals surface area contributed by atoms with Gasteiger partial charge in [-0.3, -0.25) is 10.1 Å². The number of rotatable bonds is 3. The quantitative estimate of drug-likeness (QED) is 0.429. The number of fused-ring (bicyclic) bond motifs is 6. The normalized spacial score (nSPS) is 22.4. The summed E-state index contributed by atoms with van der Waals surface area (Å²) in [6, 6.07) is 13.9. The number of methoxy groups -OCH3 is 1. The Morgan fingerprint density at radius 2 is 2.21 bits per heavy atom. The summed E-state index contributed by atoms with van der Waals surface area (Å²) in [6.45, 7) is 4.95. The first-order chi connectivity index (χ1) is 14.2. The number of nitrogens with one attached hydrogen (secondary N) is 1. The molecule has 0 bridgehead atoms. The second-order valence-electron chi connectivity index (χ2n) is 8.07. The molecule has 1 fully saturated rings. The van der Waals surface area contributed by atoms with Crippen LogP contribution < -0.4 is 15.5 Å². The van der Waals surface area contributed by atoms with Crippen LogP contribution in [0.15, 0.2) is 59.9 Å². The Kier molecular flexibility index (Phi) is 3.28. The van der Waals surface area contributed by atoms with E-state index in [1.807, 2.05) is 42.5 Å². The van der Waals surface area contributed by atoms with E-state index in [2.05, 4.69) is 22.5 Å². The predicted octanol–water partition coefficient (Wildman–Crippen LogP) is 4.03. The highest BCUT2D eigenvalue weighted by Crippen LogP contribution is 2.53. The molecule has 5 heteroatoms. The lowest BCUT2D eigenvalue weighted by Gasteiger charge is -2.29. The van der Waals surface area contributed by atoms with Crippen molar-refractivity contribution < 1.29 is 4.74 Å². The van der Waals surface area contributed by atoms with Crippen LogP contribution in [0.5, 0.6) is 5.75 Å². The van der Waals surface area contributed by atoms with Gasteiger partial charge in [0, 0.05) is 16.2 Å². The monoisotopic (exact) mass is 383 g/mol. The first kappa shape index (κ1) is 16.7. The lowest BCUT2D eigenvalue weighted by molar-refractivity contribution is 0.330. The van der Waals surface area contributed by atoms with Crippen LogP contribution in [0.2, 0.25) is 0 Å². The number of ether oxygens (including phenoxy) is 1. The van der Waals surface area contributed by atoms with Gasteiger partial charge in [0.05, 0.1) is 29.7 Å². The van der Waals surface area contributed by atoms with E-state index in [9.17, 15) is 4.79 Å². The molecule has 4 heterocycles. The molecule has 144 valence electrons. The standard InChI is InChI=1S/C24H21N3O2/c1-3-9-24-10-11-25-23(24)27-20-16(5-4-6-18(20)24)21(28)17-13-14-12-15(29-2)7-8-19(14)26-22(17)27/h3-8,12-13,23,25H,1,9-11H2,2H3/t23-,24+/m1/s1. The number of nitrogens with zero attached hydrogens (tertiary/aromatic N) is 2. The van der Waals surface area contributed by atoms with Gasteiger partial charge in [0.2, 0.25) is 0 Å². The van der Waals surface area contributed by atoms with E-state index in [-0.39, 0.29) is 17.0 Å². The number of para-hydroxylation sites is 1. The average Bonchev–Trinajstić information content (AvgIpc) is 3.27. The van der Waals surface area contributed by atoms with Crippen molar-refractivity contribution in [3.8, 4) is 5.75 Å². The molecule has 29 heavy (non-hydrogen) atoms. The highest BCUT2D eigenvalue weighted by atomic mass is 16.5. The maximum absolute atomic E-state index is 13.5. The van der Waals surface area contributed by atoms with E-state index < -0.39 is 0 Å². The fraction of sp³-hybridized carbons (Fsp3) is 0.250. The van der Waals surface area contributed by atoms with Crippen molar-refractivity contribution in [2.75, 3.05) is 13.7 Å². The molecule has 2 aromatic heterocycles. The zero-order valence-corrected chi connectivity index (χ0v) is 16.2. The number of hydrogen-bond acceptors (Lipinski definition) is 4. The van der Waals surface area contributed by atoms with Crippen molar-refractivity contribution in [3.63, 3.8) is 0 Å². The predicted molar refractivity (Wildman–Crippen MR) is 116 cm³/mol. The van der Waals surface area contributed by atoms with Crippen molar-refractivity contribution in [2.24, 2.45) is 0 Å². The summed E-state index contributed by atoms with van der Waals surface area (Å²) >= 11 is 0. The van der Waals surface area contributed by atoms with Crippen LogP contribution in [0.1, 0.15) is 24.6 Å². The smallest absolute Gasteiger partial charge is 0.198 e. The first-order valence-electron chi connectivity index (χ1n) is 9.98. The minimum absolute atomic E-state index is 0.0408. The molecule has 0 radical (unpaired) electrons. The number of aromatic nitrogens is 2. The number of hydrogen-bond donors (Lipinski definition) is 1. The van der Waals surface area contributed by atoms with E-state index in [4.69, 9.17) is 9.72 Å². The van der Waals surface area contributed by atoms with Crippen molar-refractivity contribution >= 4 is 32.8 Å². The van der Waals surface area contributed by atoms with Crippen LogP contribution in [0.25, 0.3) is 32.8 Å². The molecular weight excluding hydrogens is 362 g/mol. The molecule has 6 rings (SSSR count). The molecule has 1 N–H and O–H groups in total. The Hall–Kier alpha value is -3.18. The van der Waals surface area contributed by atoms with Gasteiger partial charge in [0.1, 0.15) is 11.4 Å². The van der Waals surface area contributed by atoms with Gasteiger partial charge in [-0.15, -0.1) is 6.58 Å². The molecule has 2 aliphatic heterocycles. The third kappa shape index (κ3) is 1.98. The first-order valence-corrected chi connectivity index (χ1v) is 9.98. The van der Waals surface area contributed by atoms with E-state index in [0.717, 1.165) is 52.6 Å². The van der Waals surface area contributed by atoms with Gasteiger partial charge in [-0.25, -0.2) is 4.98 Å². The second-order valence-corrected chi connectivity index (χ2v) is 8.07. The summed E-state index contributed by atoms with van der Waals surface area (Å²) in [5.41, 5.74) is 3.82. The Labute approximate surface area is 167 Å². The molecule has 1 saturated heterocycles. The molecule has 4 aromatic rings. The Bertz CT molecular complexity index is 1400. The number of allylic oxidation sites excluding steroid dienone is 1. The Morgan fingerprint density at radius 1 is 1.31 bits per heavy atom. The Morgan fingerprint density at radius 3 is 3.03 bits per heavy atom. The maximum Gasteiger partial charge on any atom is 0.198 e. The third-order valence-corrected chi connectivity index (χ3v) is 6.73. The second kappa shape index (κ2) is 5.67. The van der Waals surface area contributed by atoms with Crippen LogP contribution in [-0.2, 0) is 5.41 Å². The fourth-order valence-corrected chi connectivity index (χ4v) is 5.48. The molecular formula is C24H21N3O2. The maximum atomic E-state index is 13.5. The van der Waals surface area contributed by atoms with Crippen LogP contribution in [0, 0.1) is 0 Å². The van der Waals surface area contributed by atoms with Crippen molar-refractivity contribution in [3.05, 3.63) is 70.9 Å². The van der Waals surface area contributed by atoms with Crippen LogP contribution in [0.3, 0.4) is 0 Å². The molecule has 5 nitrogen and oxygen atoms in total. The lowest BCUT2D eigenvalue weighted by atomic mass is 9.76. The van der Waals surface area contributed by atoms with E-state index in [1.54, 1.807) is 7.11 Å². The minimum Gasteiger partial charge on any atom is -0.497 e. The molecule has 2 aliphatic rings. The van der Waals surface area contributed by atoms with Crippen molar-refractivity contribution in [1.82, 2.24) is 14.9 Å².